The van der Waals surface area contributed by atoms with Crippen LogP contribution in [0.5, 0.6) is 5.75 Å². The summed E-state index contributed by atoms with van der Waals surface area (Å²) in [5, 5.41) is 10.0. The monoisotopic (exact) mass is 470 g/mol. The number of aryl methyl sites for hydroxylation is 2. The van der Waals surface area contributed by atoms with Gasteiger partial charge in [0.25, 0.3) is 0 Å². The number of fused-ring (bicyclic) bond motifs is 1. The van der Waals surface area contributed by atoms with Crippen LogP contribution in [0.2, 0.25) is 5.02 Å². The average molecular weight is 471 g/mol. The fourth-order valence-corrected chi connectivity index (χ4v) is 3.50. The van der Waals surface area contributed by atoms with Crippen molar-refractivity contribution in [3.8, 4) is 5.75 Å². The maximum Gasteiger partial charge on any atom is 0.355 e. The summed E-state index contributed by atoms with van der Waals surface area (Å²) in [4.78, 5) is 11.2. The summed E-state index contributed by atoms with van der Waals surface area (Å²) in [6.45, 7) is 10.5. The molecule has 3 rings (SSSR count). The van der Waals surface area contributed by atoms with E-state index in [2.05, 4.69) is 56.4 Å². The summed E-state index contributed by atoms with van der Waals surface area (Å²) >= 11 is 8.12. The largest absolute Gasteiger partial charge is 0.508 e. The van der Waals surface area contributed by atoms with Gasteiger partial charge in [0.05, 0.1) is 0 Å². The molecule has 1 aromatic heterocycles. The third-order valence-electron chi connectivity index (χ3n) is 4.50. The second-order valence-corrected chi connectivity index (χ2v) is 7.60. The van der Waals surface area contributed by atoms with Crippen molar-refractivity contribution < 1.29 is 9.52 Å². The van der Waals surface area contributed by atoms with Gasteiger partial charge in [0, 0.05) is 15.0 Å². The SMILES string of the molecule is Cc1c(Cl)c(=O)oc2cc(O)ccc12.Cc1cc(I)c(C)c(C)c1C. The Kier molecular flexibility index (Phi) is 6.16. The van der Waals surface area contributed by atoms with Gasteiger partial charge in [-0.2, -0.15) is 0 Å². The van der Waals surface area contributed by atoms with Gasteiger partial charge in [-0.3, -0.25) is 0 Å². The molecular weight excluding hydrogens is 451 g/mol. The summed E-state index contributed by atoms with van der Waals surface area (Å²) in [7, 11) is 0. The highest BCUT2D eigenvalue weighted by Crippen LogP contribution is 2.25. The Balaban J connectivity index is 0.000000186. The zero-order valence-electron chi connectivity index (χ0n) is 14.8. The summed E-state index contributed by atoms with van der Waals surface area (Å²) in [5.41, 5.74) is 6.13. The van der Waals surface area contributed by atoms with Crippen molar-refractivity contribution in [2.45, 2.75) is 34.6 Å². The van der Waals surface area contributed by atoms with Crippen LogP contribution in [0.1, 0.15) is 27.8 Å². The lowest BCUT2D eigenvalue weighted by Gasteiger charge is -2.09. The Morgan fingerprint density at radius 3 is 2.24 bits per heavy atom. The second kappa shape index (κ2) is 7.79. The molecule has 132 valence electrons. The molecule has 0 radical (unpaired) electrons. The predicted octanol–water partition coefficient (Wildman–Crippen LogP) is 5.99. The Labute approximate surface area is 165 Å². The van der Waals surface area contributed by atoms with Crippen LogP contribution in [0.15, 0.2) is 33.5 Å². The molecule has 0 saturated heterocycles. The van der Waals surface area contributed by atoms with Crippen molar-refractivity contribution in [2.24, 2.45) is 0 Å². The molecule has 3 nitrogen and oxygen atoms in total. The van der Waals surface area contributed by atoms with E-state index in [-0.39, 0.29) is 10.8 Å². The number of hydrogen-bond acceptors (Lipinski definition) is 3. The number of hydrogen-bond donors (Lipinski definition) is 1. The third kappa shape index (κ3) is 4.18. The maximum atomic E-state index is 11.2. The minimum absolute atomic E-state index is 0.0578. The standard InChI is InChI=1S/C10H7ClO3.C10H13I/c1-5-7-3-2-6(12)4-8(7)14-10(13)9(5)11;1-6-5-10(11)9(4)8(3)7(6)2/h2-4,12H,1H3;5H,1-4H3. The molecule has 3 aromatic rings. The Bertz CT molecular complexity index is 980. The lowest BCUT2D eigenvalue weighted by Crippen LogP contribution is -2.01. The van der Waals surface area contributed by atoms with Crippen LogP contribution in [0.25, 0.3) is 11.0 Å². The van der Waals surface area contributed by atoms with Gasteiger partial charge in [-0.05, 0) is 103 Å². The molecule has 1 N–H and O–H groups in total. The summed E-state index contributed by atoms with van der Waals surface area (Å²) in [6, 6.07) is 6.82. The molecule has 5 heteroatoms. The van der Waals surface area contributed by atoms with E-state index in [0.29, 0.717) is 11.1 Å². The number of phenols is 1. The third-order valence-corrected chi connectivity index (χ3v) is 6.06. The first-order valence-electron chi connectivity index (χ1n) is 7.78. The molecule has 0 aliphatic heterocycles. The number of halogens is 2. The van der Waals surface area contributed by atoms with E-state index in [1.54, 1.807) is 13.0 Å². The normalized spacial score (nSPS) is 10.5. The molecule has 0 amide bonds. The number of phenolic OH excluding ortho intramolecular Hbond substituents is 1. The van der Waals surface area contributed by atoms with E-state index in [4.69, 9.17) is 16.0 Å². The zero-order chi connectivity index (χ0) is 18.9. The quantitative estimate of drug-likeness (QED) is 0.324. The summed E-state index contributed by atoms with van der Waals surface area (Å²) in [6.07, 6.45) is 0. The highest BCUT2D eigenvalue weighted by molar-refractivity contribution is 14.1. The van der Waals surface area contributed by atoms with Crippen molar-refractivity contribution >= 4 is 45.2 Å². The van der Waals surface area contributed by atoms with E-state index in [9.17, 15) is 9.90 Å². The van der Waals surface area contributed by atoms with E-state index in [0.717, 1.165) is 5.39 Å². The van der Waals surface area contributed by atoms with Gasteiger partial charge in [0.1, 0.15) is 16.4 Å². The van der Waals surface area contributed by atoms with Crippen LogP contribution < -0.4 is 5.63 Å². The summed E-state index contributed by atoms with van der Waals surface area (Å²) in [5.74, 6) is 0.0578. The fourth-order valence-electron chi connectivity index (χ4n) is 2.48. The Morgan fingerprint density at radius 2 is 1.60 bits per heavy atom. The average Bonchev–Trinajstić information content (AvgIpc) is 2.56. The molecule has 0 fully saturated rings. The van der Waals surface area contributed by atoms with Gasteiger partial charge in [0.15, 0.2) is 0 Å². The van der Waals surface area contributed by atoms with Gasteiger partial charge in [0.2, 0.25) is 0 Å². The molecule has 0 aliphatic carbocycles. The van der Waals surface area contributed by atoms with Crippen molar-refractivity contribution in [3.05, 3.63) is 71.1 Å². The molecule has 0 aliphatic rings. The van der Waals surface area contributed by atoms with Crippen LogP contribution in [-0.4, -0.2) is 5.11 Å². The smallest absolute Gasteiger partial charge is 0.355 e. The molecular formula is C20H20ClIO3. The van der Waals surface area contributed by atoms with Crippen molar-refractivity contribution in [1.29, 1.82) is 0 Å². The van der Waals surface area contributed by atoms with Crippen LogP contribution in [-0.2, 0) is 0 Å². The number of benzene rings is 2. The molecule has 0 saturated carbocycles. The second-order valence-electron chi connectivity index (χ2n) is 6.06. The van der Waals surface area contributed by atoms with E-state index < -0.39 is 5.63 Å². The van der Waals surface area contributed by atoms with Crippen LogP contribution in [0.3, 0.4) is 0 Å². The highest BCUT2D eigenvalue weighted by atomic mass is 127. The van der Waals surface area contributed by atoms with Crippen molar-refractivity contribution in [2.75, 3.05) is 0 Å². The van der Waals surface area contributed by atoms with Gasteiger partial charge in [-0.25, -0.2) is 4.79 Å². The molecule has 0 unspecified atom stereocenters. The van der Waals surface area contributed by atoms with Crippen LogP contribution >= 0.6 is 34.2 Å². The highest BCUT2D eigenvalue weighted by Gasteiger charge is 2.08. The molecule has 0 atom stereocenters. The lowest BCUT2D eigenvalue weighted by atomic mass is 10.0. The van der Waals surface area contributed by atoms with Gasteiger partial charge >= 0.3 is 5.63 Å². The molecule has 2 aromatic carbocycles. The summed E-state index contributed by atoms with van der Waals surface area (Å²) < 4.78 is 6.28. The van der Waals surface area contributed by atoms with Gasteiger partial charge < -0.3 is 9.52 Å². The Hall–Kier alpha value is -1.53. The first kappa shape index (κ1) is 19.8. The Morgan fingerprint density at radius 1 is 0.960 bits per heavy atom. The van der Waals surface area contributed by atoms with Gasteiger partial charge in [-0.15, -0.1) is 0 Å². The topological polar surface area (TPSA) is 50.4 Å². The minimum Gasteiger partial charge on any atom is -0.508 e. The first-order valence-corrected chi connectivity index (χ1v) is 9.24. The van der Waals surface area contributed by atoms with Crippen LogP contribution in [0, 0.1) is 38.2 Å². The molecule has 0 bridgehead atoms. The van der Waals surface area contributed by atoms with E-state index in [1.165, 1.54) is 38.0 Å². The number of rotatable bonds is 0. The number of aromatic hydroxyl groups is 1. The maximum absolute atomic E-state index is 11.2. The first-order chi connectivity index (χ1) is 11.6. The molecule has 1 heterocycles. The van der Waals surface area contributed by atoms with Crippen molar-refractivity contribution in [1.82, 2.24) is 0 Å². The van der Waals surface area contributed by atoms with E-state index in [1.807, 2.05) is 0 Å². The van der Waals surface area contributed by atoms with Crippen LogP contribution in [0.4, 0.5) is 0 Å². The molecule has 0 spiro atoms. The fraction of sp³-hybridized carbons (Fsp3) is 0.250. The van der Waals surface area contributed by atoms with E-state index >= 15 is 0 Å². The lowest BCUT2D eigenvalue weighted by molar-refractivity contribution is 0.473. The predicted molar refractivity (Wildman–Crippen MR) is 112 cm³/mol. The minimum atomic E-state index is -0.581. The van der Waals surface area contributed by atoms with Crippen molar-refractivity contribution in [3.63, 3.8) is 0 Å². The van der Waals surface area contributed by atoms with Gasteiger partial charge in [-0.1, -0.05) is 11.6 Å². The zero-order valence-corrected chi connectivity index (χ0v) is 17.7. The molecule has 25 heavy (non-hydrogen) atoms.